The fourth-order valence-electron chi connectivity index (χ4n) is 2.44. The molecule has 23 heavy (non-hydrogen) atoms. The average molecular weight is 321 g/mol. The average Bonchev–Trinajstić information content (AvgIpc) is 2.87. The molecule has 0 aliphatic rings. The first-order chi connectivity index (χ1) is 10.9. The number of alkyl halides is 3. The number of hydrogen-bond acceptors (Lipinski definition) is 3. The van der Waals surface area contributed by atoms with Gasteiger partial charge in [-0.1, -0.05) is 30.3 Å². The van der Waals surface area contributed by atoms with Gasteiger partial charge in [0.1, 0.15) is 0 Å². The Morgan fingerprint density at radius 3 is 2.43 bits per heavy atom. The lowest BCUT2D eigenvalue weighted by Gasteiger charge is -2.11. The first-order valence-electron chi connectivity index (χ1n) is 6.62. The van der Waals surface area contributed by atoms with Crippen LogP contribution in [0.3, 0.4) is 0 Å². The molecule has 0 saturated heterocycles. The molecule has 0 amide bonds. The Kier molecular flexibility index (Phi) is 3.51. The van der Waals surface area contributed by atoms with Crippen LogP contribution in [0.1, 0.15) is 11.4 Å². The molecular formula is C15H10F3N3O2. The largest absolute Gasteiger partial charge is 0.449 e. The highest BCUT2D eigenvalue weighted by atomic mass is 19.4. The number of para-hydroxylation sites is 3. The normalized spacial score (nSPS) is 11.8. The van der Waals surface area contributed by atoms with E-state index < -0.39 is 16.9 Å². The van der Waals surface area contributed by atoms with Crippen LogP contribution in [0.2, 0.25) is 0 Å². The Hall–Kier alpha value is -2.90. The number of imidazole rings is 1. The summed E-state index contributed by atoms with van der Waals surface area (Å²) in [5.41, 5.74) is 0.431. The monoisotopic (exact) mass is 321 g/mol. The summed E-state index contributed by atoms with van der Waals surface area (Å²) in [4.78, 5) is 14.1. The molecule has 0 fully saturated rings. The van der Waals surface area contributed by atoms with E-state index in [9.17, 15) is 23.3 Å². The topological polar surface area (TPSA) is 61.0 Å². The molecule has 0 saturated carbocycles. The van der Waals surface area contributed by atoms with E-state index in [4.69, 9.17) is 0 Å². The third-order valence-electron chi connectivity index (χ3n) is 3.42. The van der Waals surface area contributed by atoms with Crippen LogP contribution in [0.5, 0.6) is 0 Å². The van der Waals surface area contributed by atoms with Gasteiger partial charge in [-0.3, -0.25) is 10.1 Å². The maximum Gasteiger partial charge on any atom is 0.449 e. The second-order valence-corrected chi connectivity index (χ2v) is 4.89. The number of hydrogen-bond donors (Lipinski definition) is 0. The highest BCUT2D eigenvalue weighted by Gasteiger charge is 2.37. The van der Waals surface area contributed by atoms with Crippen molar-refractivity contribution in [2.75, 3.05) is 0 Å². The van der Waals surface area contributed by atoms with Crippen molar-refractivity contribution in [3.63, 3.8) is 0 Å². The maximum atomic E-state index is 13.2. The fourth-order valence-corrected chi connectivity index (χ4v) is 2.44. The maximum absolute atomic E-state index is 13.2. The van der Waals surface area contributed by atoms with Crippen LogP contribution in [0, 0.1) is 10.1 Å². The Labute approximate surface area is 128 Å². The zero-order valence-corrected chi connectivity index (χ0v) is 11.6. The molecule has 0 aliphatic carbocycles. The summed E-state index contributed by atoms with van der Waals surface area (Å²) in [6.45, 7) is -0.285. The molecule has 5 nitrogen and oxygen atoms in total. The highest BCUT2D eigenvalue weighted by molar-refractivity contribution is 5.76. The van der Waals surface area contributed by atoms with Gasteiger partial charge in [-0.2, -0.15) is 13.2 Å². The van der Waals surface area contributed by atoms with Gasteiger partial charge in [-0.25, -0.2) is 4.98 Å². The van der Waals surface area contributed by atoms with Crippen molar-refractivity contribution < 1.29 is 18.1 Å². The minimum Gasteiger partial charge on any atom is -0.316 e. The second-order valence-electron chi connectivity index (χ2n) is 4.89. The van der Waals surface area contributed by atoms with Crippen molar-refractivity contribution in [3.05, 3.63) is 70.0 Å². The van der Waals surface area contributed by atoms with Gasteiger partial charge in [-0.05, 0) is 12.1 Å². The molecule has 3 rings (SSSR count). The second kappa shape index (κ2) is 5.38. The minimum absolute atomic E-state index is 0.186. The summed E-state index contributed by atoms with van der Waals surface area (Å²) in [5.74, 6) is -1.07. The molecule has 2 aromatic carbocycles. The van der Waals surface area contributed by atoms with E-state index in [1.54, 1.807) is 18.2 Å². The van der Waals surface area contributed by atoms with E-state index in [2.05, 4.69) is 4.98 Å². The third kappa shape index (κ3) is 2.75. The van der Waals surface area contributed by atoms with Gasteiger partial charge in [0.25, 0.3) is 5.69 Å². The van der Waals surface area contributed by atoms with Gasteiger partial charge >= 0.3 is 6.18 Å². The SMILES string of the molecule is O=[N+]([O-])c1ccccc1Cn1c(C(F)(F)F)nc2ccccc21. The molecule has 1 heterocycles. The lowest BCUT2D eigenvalue weighted by atomic mass is 10.1. The molecular weight excluding hydrogens is 311 g/mol. The highest BCUT2D eigenvalue weighted by Crippen LogP contribution is 2.32. The number of nitro groups is 1. The zero-order valence-electron chi connectivity index (χ0n) is 11.6. The third-order valence-corrected chi connectivity index (χ3v) is 3.42. The van der Waals surface area contributed by atoms with Crippen LogP contribution in [-0.2, 0) is 12.7 Å². The minimum atomic E-state index is -4.65. The summed E-state index contributed by atoms with van der Waals surface area (Å²) in [6, 6.07) is 11.9. The Morgan fingerprint density at radius 1 is 1.09 bits per heavy atom. The van der Waals surface area contributed by atoms with Crippen molar-refractivity contribution in [1.29, 1.82) is 0 Å². The first kappa shape index (κ1) is 15.0. The van der Waals surface area contributed by atoms with Gasteiger partial charge in [0.15, 0.2) is 0 Å². The summed E-state index contributed by atoms with van der Waals surface area (Å²) >= 11 is 0. The van der Waals surface area contributed by atoms with Crippen molar-refractivity contribution in [1.82, 2.24) is 9.55 Å². The van der Waals surface area contributed by atoms with Crippen molar-refractivity contribution >= 4 is 16.7 Å². The number of halogens is 3. The van der Waals surface area contributed by atoms with Crippen LogP contribution < -0.4 is 0 Å². The molecule has 0 atom stereocenters. The molecule has 0 spiro atoms. The molecule has 3 aromatic rings. The number of fused-ring (bicyclic) bond motifs is 1. The van der Waals surface area contributed by atoms with Gasteiger partial charge in [0.2, 0.25) is 5.82 Å². The predicted octanol–water partition coefficient (Wildman–Crippen LogP) is 4.01. The van der Waals surface area contributed by atoms with E-state index in [1.165, 1.54) is 30.3 Å². The predicted molar refractivity (Wildman–Crippen MR) is 76.9 cm³/mol. The van der Waals surface area contributed by atoms with Gasteiger partial charge in [-0.15, -0.1) is 0 Å². The lowest BCUT2D eigenvalue weighted by molar-refractivity contribution is -0.385. The molecule has 0 aliphatic heterocycles. The molecule has 8 heteroatoms. The van der Waals surface area contributed by atoms with E-state index in [0.29, 0.717) is 0 Å². The van der Waals surface area contributed by atoms with E-state index >= 15 is 0 Å². The number of nitrogens with zero attached hydrogens (tertiary/aromatic N) is 3. The van der Waals surface area contributed by atoms with Crippen LogP contribution in [-0.4, -0.2) is 14.5 Å². The summed E-state index contributed by atoms with van der Waals surface area (Å²) < 4.78 is 40.6. The quantitative estimate of drug-likeness (QED) is 0.541. The number of nitro benzene ring substituents is 1. The van der Waals surface area contributed by atoms with Gasteiger partial charge in [0, 0.05) is 11.6 Å². The van der Waals surface area contributed by atoms with Crippen LogP contribution in [0.15, 0.2) is 48.5 Å². The van der Waals surface area contributed by atoms with Gasteiger partial charge in [0.05, 0.1) is 22.5 Å². The van der Waals surface area contributed by atoms with E-state index in [-0.39, 0.29) is 28.8 Å². The van der Waals surface area contributed by atoms with Crippen molar-refractivity contribution in [3.8, 4) is 0 Å². The Bertz CT molecular complexity index is 887. The molecule has 0 unspecified atom stereocenters. The zero-order chi connectivity index (χ0) is 16.6. The fraction of sp³-hybridized carbons (Fsp3) is 0.133. The van der Waals surface area contributed by atoms with Crippen LogP contribution in [0.25, 0.3) is 11.0 Å². The molecule has 0 radical (unpaired) electrons. The first-order valence-corrected chi connectivity index (χ1v) is 6.62. The number of benzene rings is 2. The summed E-state index contributed by atoms with van der Waals surface area (Å²) in [7, 11) is 0. The standard InChI is InChI=1S/C15H10F3N3O2/c16-15(17,18)14-19-11-6-2-4-8-13(11)20(14)9-10-5-1-3-7-12(10)21(22)23/h1-8H,9H2. The van der Waals surface area contributed by atoms with E-state index in [1.807, 2.05) is 0 Å². The molecule has 0 N–H and O–H groups in total. The molecule has 1 aromatic heterocycles. The number of rotatable bonds is 3. The number of aromatic nitrogens is 2. The van der Waals surface area contributed by atoms with Crippen LogP contribution in [0.4, 0.5) is 18.9 Å². The Morgan fingerprint density at radius 2 is 1.74 bits per heavy atom. The van der Waals surface area contributed by atoms with Crippen LogP contribution >= 0.6 is 0 Å². The summed E-state index contributed by atoms with van der Waals surface area (Å²) in [5, 5.41) is 11.1. The van der Waals surface area contributed by atoms with Crippen molar-refractivity contribution in [2.24, 2.45) is 0 Å². The molecule has 0 bridgehead atoms. The van der Waals surface area contributed by atoms with E-state index in [0.717, 1.165) is 4.57 Å². The lowest BCUT2D eigenvalue weighted by Crippen LogP contribution is -2.16. The summed E-state index contributed by atoms with van der Waals surface area (Å²) in [6.07, 6.45) is -4.65. The molecule has 118 valence electrons. The Balaban J connectivity index is 2.19. The van der Waals surface area contributed by atoms with Crippen molar-refractivity contribution in [2.45, 2.75) is 12.7 Å². The van der Waals surface area contributed by atoms with Gasteiger partial charge < -0.3 is 4.57 Å². The smallest absolute Gasteiger partial charge is 0.316 e.